The van der Waals surface area contributed by atoms with Gasteiger partial charge in [0.25, 0.3) is 0 Å². The summed E-state index contributed by atoms with van der Waals surface area (Å²) in [7, 11) is 0. The summed E-state index contributed by atoms with van der Waals surface area (Å²) in [6.45, 7) is 6.63. The maximum absolute atomic E-state index is 12.5. The molecule has 0 saturated heterocycles. The molecule has 0 aromatic carbocycles. The second-order valence-electron chi connectivity index (χ2n) is 9.08. The predicted molar refractivity (Wildman–Crippen MR) is 113 cm³/mol. The molecule has 0 aromatic rings. The van der Waals surface area contributed by atoms with E-state index in [0.29, 0.717) is 17.1 Å². The minimum Gasteiger partial charge on any atom is -0.297 e. The molecule has 4 saturated carbocycles. The number of hydrogen-bond acceptors (Lipinski definition) is 1. The van der Waals surface area contributed by atoms with Gasteiger partial charge in [0, 0.05) is 6.42 Å². The first-order valence-corrected chi connectivity index (χ1v) is 12.4. The van der Waals surface area contributed by atoms with Crippen LogP contribution in [0.4, 0.5) is 0 Å². The molecule has 1 nitrogen and oxygen atoms in total. The van der Waals surface area contributed by atoms with Crippen molar-refractivity contribution < 1.29 is 4.79 Å². The van der Waals surface area contributed by atoms with E-state index >= 15 is 0 Å². The van der Waals surface area contributed by atoms with Gasteiger partial charge >= 0.3 is 0 Å². The number of Topliss-reactive ketones (excluding diaryl/α,β-unsaturated/α-hetero) is 1. The molecular weight excluding hydrogens is 440 g/mol. The van der Waals surface area contributed by atoms with Gasteiger partial charge in [-0.15, -0.1) is 0 Å². The SMILES string of the molecule is CC.CC12CCCCC1CCC1C3CCCC(=O)C(Br)(Br)C3CCC12. The first kappa shape index (κ1) is 20.4. The molecule has 0 heterocycles. The lowest BCUT2D eigenvalue weighted by Crippen LogP contribution is -2.53. The van der Waals surface area contributed by atoms with Crippen LogP contribution in [0.3, 0.4) is 0 Å². The smallest absolute Gasteiger partial charge is 0.160 e. The molecule has 4 aliphatic rings. The molecule has 0 aromatic heterocycles. The van der Waals surface area contributed by atoms with Crippen molar-refractivity contribution in [1.29, 1.82) is 0 Å². The third kappa shape index (κ3) is 3.43. The lowest BCUT2D eigenvalue weighted by molar-refractivity contribution is -0.121. The highest BCUT2D eigenvalue weighted by Crippen LogP contribution is 2.64. The highest BCUT2D eigenvalue weighted by Gasteiger charge is 2.57. The van der Waals surface area contributed by atoms with Crippen LogP contribution < -0.4 is 0 Å². The molecule has 0 spiro atoms. The zero-order chi connectivity index (χ0) is 18.2. The second kappa shape index (κ2) is 7.94. The predicted octanol–water partition coefficient (Wildman–Crippen LogP) is 7.50. The Bertz CT molecular complexity index is 488. The number of carbonyl (C=O) groups is 1. The molecule has 3 heteroatoms. The molecule has 0 bridgehead atoms. The minimum atomic E-state index is -0.434. The van der Waals surface area contributed by atoms with E-state index in [2.05, 4.69) is 38.8 Å². The van der Waals surface area contributed by atoms with Crippen LogP contribution in [0.15, 0.2) is 0 Å². The molecule has 0 amide bonds. The van der Waals surface area contributed by atoms with Gasteiger partial charge in [-0.3, -0.25) is 4.79 Å². The van der Waals surface area contributed by atoms with Gasteiger partial charge in [0.15, 0.2) is 5.78 Å². The van der Waals surface area contributed by atoms with Crippen molar-refractivity contribution in [3.8, 4) is 0 Å². The second-order valence-corrected chi connectivity index (χ2v) is 12.6. The summed E-state index contributed by atoms with van der Waals surface area (Å²) in [5.74, 6) is 4.42. The summed E-state index contributed by atoms with van der Waals surface area (Å²) in [6, 6.07) is 0. The fourth-order valence-corrected chi connectivity index (χ4v) is 8.67. The normalized spacial score (nSPS) is 45.8. The summed E-state index contributed by atoms with van der Waals surface area (Å²) in [5.41, 5.74) is 0.601. The van der Waals surface area contributed by atoms with E-state index in [1.54, 1.807) is 0 Å². The summed E-state index contributed by atoms with van der Waals surface area (Å²) in [5, 5.41) is 0. The molecule has 4 fully saturated rings. The van der Waals surface area contributed by atoms with E-state index in [4.69, 9.17) is 0 Å². The van der Waals surface area contributed by atoms with Gasteiger partial charge in [-0.1, -0.05) is 65.5 Å². The summed E-state index contributed by atoms with van der Waals surface area (Å²) in [4.78, 5) is 12.5. The van der Waals surface area contributed by atoms with Crippen molar-refractivity contribution >= 4 is 37.6 Å². The van der Waals surface area contributed by atoms with Crippen LogP contribution in [-0.4, -0.2) is 9.02 Å². The van der Waals surface area contributed by atoms with Crippen LogP contribution in [0.2, 0.25) is 0 Å². The Labute approximate surface area is 171 Å². The van der Waals surface area contributed by atoms with Crippen molar-refractivity contribution in [1.82, 2.24) is 0 Å². The van der Waals surface area contributed by atoms with Crippen LogP contribution in [0, 0.1) is 35.0 Å². The molecule has 0 aliphatic heterocycles. The van der Waals surface area contributed by atoms with Crippen LogP contribution in [-0.2, 0) is 4.79 Å². The average molecular weight is 476 g/mol. The van der Waals surface area contributed by atoms with E-state index in [1.807, 2.05) is 13.8 Å². The van der Waals surface area contributed by atoms with E-state index in [9.17, 15) is 4.79 Å². The number of rotatable bonds is 0. The fraction of sp³-hybridized carbons (Fsp3) is 0.955. The van der Waals surface area contributed by atoms with Crippen LogP contribution in [0.1, 0.15) is 91.4 Å². The van der Waals surface area contributed by atoms with Crippen LogP contribution in [0.25, 0.3) is 0 Å². The molecule has 4 aliphatic carbocycles. The van der Waals surface area contributed by atoms with Crippen LogP contribution in [0.5, 0.6) is 0 Å². The Kier molecular flexibility index (Phi) is 6.46. The number of hydrogen-bond donors (Lipinski definition) is 0. The Hall–Kier alpha value is 0.630. The first-order valence-electron chi connectivity index (χ1n) is 10.9. The van der Waals surface area contributed by atoms with E-state index in [-0.39, 0.29) is 0 Å². The first-order chi connectivity index (χ1) is 11.9. The Balaban J connectivity index is 0.000000880. The Morgan fingerprint density at radius 3 is 2.28 bits per heavy atom. The topological polar surface area (TPSA) is 17.1 Å². The average Bonchev–Trinajstić information content (AvgIpc) is 2.73. The van der Waals surface area contributed by atoms with Crippen molar-refractivity contribution in [3.63, 3.8) is 0 Å². The number of halogens is 2. The highest BCUT2D eigenvalue weighted by atomic mass is 79.9. The fourth-order valence-electron chi connectivity index (χ4n) is 7.14. The van der Waals surface area contributed by atoms with Crippen molar-refractivity contribution in [2.24, 2.45) is 35.0 Å². The third-order valence-corrected chi connectivity index (χ3v) is 10.4. The molecule has 0 radical (unpaired) electrons. The quantitative estimate of drug-likeness (QED) is 0.331. The lowest BCUT2D eigenvalue weighted by atomic mass is 9.46. The molecule has 25 heavy (non-hydrogen) atoms. The molecule has 4 rings (SSSR count). The Morgan fingerprint density at radius 1 is 0.840 bits per heavy atom. The van der Waals surface area contributed by atoms with E-state index in [1.165, 1.54) is 57.8 Å². The Morgan fingerprint density at radius 2 is 1.52 bits per heavy atom. The molecule has 6 unspecified atom stereocenters. The van der Waals surface area contributed by atoms with Crippen molar-refractivity contribution in [2.75, 3.05) is 0 Å². The number of carbonyl (C=O) groups excluding carboxylic acids is 1. The zero-order valence-electron chi connectivity index (χ0n) is 16.3. The highest BCUT2D eigenvalue weighted by molar-refractivity contribution is 9.26. The lowest BCUT2D eigenvalue weighted by Gasteiger charge is -2.59. The van der Waals surface area contributed by atoms with Gasteiger partial charge in [-0.05, 0) is 86.4 Å². The van der Waals surface area contributed by atoms with Gasteiger partial charge in [-0.2, -0.15) is 0 Å². The van der Waals surface area contributed by atoms with Gasteiger partial charge in [0.1, 0.15) is 3.23 Å². The summed E-state index contributed by atoms with van der Waals surface area (Å²) in [6.07, 6.45) is 14.4. The number of fused-ring (bicyclic) bond motifs is 5. The molecule has 0 N–H and O–H groups in total. The summed E-state index contributed by atoms with van der Waals surface area (Å²) >= 11 is 7.63. The molecule has 144 valence electrons. The van der Waals surface area contributed by atoms with E-state index in [0.717, 1.165) is 36.5 Å². The maximum atomic E-state index is 12.5. The number of alkyl halides is 2. The van der Waals surface area contributed by atoms with E-state index < -0.39 is 3.23 Å². The standard InChI is InChI=1S/C20H30Br2O.C2H6/c1-19-12-3-2-5-13(19)8-9-15-14-6-4-7-18(23)20(21,22)17(14)11-10-16(15)19;1-2/h13-17H,2-12H2,1H3;1-2H3. The largest absolute Gasteiger partial charge is 0.297 e. The van der Waals surface area contributed by atoms with Gasteiger partial charge in [0.05, 0.1) is 0 Å². The monoisotopic (exact) mass is 474 g/mol. The van der Waals surface area contributed by atoms with Gasteiger partial charge in [-0.25, -0.2) is 0 Å². The maximum Gasteiger partial charge on any atom is 0.160 e. The van der Waals surface area contributed by atoms with Crippen molar-refractivity contribution in [2.45, 2.75) is 94.6 Å². The minimum absolute atomic E-state index is 0.390. The van der Waals surface area contributed by atoms with Gasteiger partial charge < -0.3 is 0 Å². The van der Waals surface area contributed by atoms with Gasteiger partial charge in [0.2, 0.25) is 0 Å². The molecular formula is C22H36Br2O. The zero-order valence-corrected chi connectivity index (χ0v) is 19.5. The summed E-state index contributed by atoms with van der Waals surface area (Å²) < 4.78 is -0.434. The van der Waals surface area contributed by atoms with Crippen LogP contribution >= 0.6 is 31.9 Å². The third-order valence-electron chi connectivity index (χ3n) is 8.30. The number of ketones is 1. The van der Waals surface area contributed by atoms with Crippen molar-refractivity contribution in [3.05, 3.63) is 0 Å². The molecule has 6 atom stereocenters.